The second-order valence-electron chi connectivity index (χ2n) is 4.43. The SMILES string of the molecule is Cc1ccc(C(O)(CC#N)c2ccccc2)cc1. The van der Waals surface area contributed by atoms with Gasteiger partial charge in [0, 0.05) is 0 Å². The number of aryl methyl sites for hydroxylation is 1. The van der Waals surface area contributed by atoms with Crippen LogP contribution in [0.4, 0.5) is 0 Å². The first-order chi connectivity index (χ1) is 8.66. The third-order valence-corrected chi connectivity index (χ3v) is 3.12. The van der Waals surface area contributed by atoms with E-state index in [1.54, 1.807) is 0 Å². The molecule has 0 aliphatic rings. The quantitative estimate of drug-likeness (QED) is 0.891. The molecule has 2 heteroatoms. The van der Waals surface area contributed by atoms with Crippen LogP contribution in [0.25, 0.3) is 0 Å². The maximum atomic E-state index is 10.8. The van der Waals surface area contributed by atoms with E-state index in [2.05, 4.69) is 6.07 Å². The summed E-state index contributed by atoms with van der Waals surface area (Å²) in [5, 5.41) is 19.8. The van der Waals surface area contributed by atoms with E-state index in [1.807, 2.05) is 61.5 Å². The van der Waals surface area contributed by atoms with Crippen LogP contribution < -0.4 is 0 Å². The molecule has 1 N–H and O–H groups in total. The fraction of sp³-hybridized carbons (Fsp3) is 0.188. The van der Waals surface area contributed by atoms with Crippen molar-refractivity contribution in [3.05, 3.63) is 71.3 Å². The first-order valence-electron chi connectivity index (χ1n) is 5.89. The lowest BCUT2D eigenvalue weighted by Crippen LogP contribution is -2.26. The third kappa shape index (κ3) is 2.27. The zero-order chi connectivity index (χ0) is 13.0. The summed E-state index contributed by atoms with van der Waals surface area (Å²) in [4.78, 5) is 0. The second-order valence-corrected chi connectivity index (χ2v) is 4.43. The summed E-state index contributed by atoms with van der Waals surface area (Å²) in [6, 6.07) is 19.0. The number of nitrogens with zero attached hydrogens (tertiary/aromatic N) is 1. The van der Waals surface area contributed by atoms with E-state index in [-0.39, 0.29) is 6.42 Å². The first-order valence-corrected chi connectivity index (χ1v) is 5.89. The first kappa shape index (κ1) is 12.3. The molecule has 18 heavy (non-hydrogen) atoms. The van der Waals surface area contributed by atoms with E-state index in [4.69, 9.17) is 5.26 Å². The van der Waals surface area contributed by atoms with Crippen LogP contribution in [-0.4, -0.2) is 5.11 Å². The Morgan fingerprint density at radius 1 is 1.00 bits per heavy atom. The van der Waals surface area contributed by atoms with Crippen molar-refractivity contribution in [2.75, 3.05) is 0 Å². The number of rotatable bonds is 3. The zero-order valence-electron chi connectivity index (χ0n) is 10.3. The van der Waals surface area contributed by atoms with E-state index in [1.165, 1.54) is 0 Å². The molecule has 0 bridgehead atoms. The Balaban J connectivity index is 2.51. The van der Waals surface area contributed by atoms with E-state index in [0.29, 0.717) is 0 Å². The Kier molecular flexibility index (Phi) is 3.45. The molecular formula is C16H15NO. The largest absolute Gasteiger partial charge is 0.379 e. The van der Waals surface area contributed by atoms with Crippen molar-refractivity contribution in [2.24, 2.45) is 0 Å². The van der Waals surface area contributed by atoms with Gasteiger partial charge in [0.15, 0.2) is 0 Å². The molecule has 0 aliphatic heterocycles. The molecule has 90 valence electrons. The monoisotopic (exact) mass is 237 g/mol. The molecule has 0 radical (unpaired) electrons. The van der Waals surface area contributed by atoms with E-state index >= 15 is 0 Å². The van der Waals surface area contributed by atoms with Crippen molar-refractivity contribution in [1.82, 2.24) is 0 Å². The van der Waals surface area contributed by atoms with E-state index < -0.39 is 5.60 Å². The van der Waals surface area contributed by atoms with Crippen molar-refractivity contribution in [1.29, 1.82) is 5.26 Å². The minimum absolute atomic E-state index is 0.0417. The molecule has 0 saturated carbocycles. The number of hydrogen-bond acceptors (Lipinski definition) is 2. The van der Waals surface area contributed by atoms with Crippen LogP contribution in [0, 0.1) is 18.3 Å². The zero-order valence-corrected chi connectivity index (χ0v) is 10.3. The smallest absolute Gasteiger partial charge is 0.128 e. The van der Waals surface area contributed by atoms with Gasteiger partial charge in [-0.3, -0.25) is 0 Å². The predicted octanol–water partition coefficient (Wildman–Crippen LogP) is 3.14. The number of nitriles is 1. The van der Waals surface area contributed by atoms with Crippen LogP contribution in [0.5, 0.6) is 0 Å². The molecule has 0 aliphatic carbocycles. The Labute approximate surface area is 107 Å². The summed E-state index contributed by atoms with van der Waals surface area (Å²) in [6.07, 6.45) is 0.0417. The molecule has 0 spiro atoms. The maximum absolute atomic E-state index is 10.8. The molecule has 2 rings (SSSR count). The highest BCUT2D eigenvalue weighted by molar-refractivity contribution is 5.38. The van der Waals surface area contributed by atoms with Crippen LogP contribution in [0.15, 0.2) is 54.6 Å². The van der Waals surface area contributed by atoms with Gasteiger partial charge in [-0.05, 0) is 18.1 Å². The van der Waals surface area contributed by atoms with Gasteiger partial charge in [-0.2, -0.15) is 5.26 Å². The van der Waals surface area contributed by atoms with E-state index in [9.17, 15) is 5.11 Å². The fourth-order valence-corrected chi connectivity index (χ4v) is 2.03. The van der Waals surface area contributed by atoms with Crippen LogP contribution in [0.1, 0.15) is 23.1 Å². The molecule has 0 heterocycles. The van der Waals surface area contributed by atoms with Gasteiger partial charge in [-0.1, -0.05) is 60.2 Å². The number of benzene rings is 2. The van der Waals surface area contributed by atoms with Gasteiger partial charge in [0.05, 0.1) is 12.5 Å². The summed E-state index contributed by atoms with van der Waals surface area (Å²) >= 11 is 0. The molecule has 2 aromatic rings. The van der Waals surface area contributed by atoms with Crippen molar-refractivity contribution in [2.45, 2.75) is 18.9 Å². The highest BCUT2D eigenvalue weighted by Crippen LogP contribution is 2.32. The third-order valence-electron chi connectivity index (χ3n) is 3.12. The van der Waals surface area contributed by atoms with Crippen LogP contribution >= 0.6 is 0 Å². The average molecular weight is 237 g/mol. The summed E-state index contributed by atoms with van der Waals surface area (Å²) in [5.74, 6) is 0. The van der Waals surface area contributed by atoms with E-state index in [0.717, 1.165) is 16.7 Å². The maximum Gasteiger partial charge on any atom is 0.128 e. The minimum Gasteiger partial charge on any atom is -0.379 e. The molecular weight excluding hydrogens is 222 g/mol. The molecule has 0 amide bonds. The second kappa shape index (κ2) is 5.03. The lowest BCUT2D eigenvalue weighted by atomic mass is 9.84. The van der Waals surface area contributed by atoms with Crippen molar-refractivity contribution < 1.29 is 5.11 Å². The van der Waals surface area contributed by atoms with Gasteiger partial charge < -0.3 is 5.11 Å². The van der Waals surface area contributed by atoms with Gasteiger partial charge in [0.1, 0.15) is 5.60 Å². The predicted molar refractivity (Wildman–Crippen MR) is 70.8 cm³/mol. The van der Waals surface area contributed by atoms with Gasteiger partial charge in [0.25, 0.3) is 0 Å². The molecule has 0 saturated heterocycles. The number of aliphatic hydroxyl groups is 1. The fourth-order valence-electron chi connectivity index (χ4n) is 2.03. The standard InChI is InChI=1S/C16H15NO/c1-13-7-9-15(10-8-13)16(18,11-12-17)14-5-3-2-4-6-14/h2-10,18H,11H2,1H3. The Bertz CT molecular complexity index is 554. The molecule has 1 atom stereocenters. The lowest BCUT2D eigenvalue weighted by Gasteiger charge is -2.26. The van der Waals surface area contributed by atoms with Crippen LogP contribution in [0.2, 0.25) is 0 Å². The van der Waals surface area contributed by atoms with Gasteiger partial charge >= 0.3 is 0 Å². The summed E-state index contributed by atoms with van der Waals surface area (Å²) in [5.41, 5.74) is 1.39. The molecule has 1 unspecified atom stereocenters. The summed E-state index contributed by atoms with van der Waals surface area (Å²) in [7, 11) is 0. The molecule has 0 aromatic heterocycles. The van der Waals surface area contributed by atoms with Crippen LogP contribution in [-0.2, 0) is 5.60 Å². The Hall–Kier alpha value is -2.11. The highest BCUT2D eigenvalue weighted by Gasteiger charge is 2.31. The van der Waals surface area contributed by atoms with Crippen molar-refractivity contribution in [3.63, 3.8) is 0 Å². The van der Waals surface area contributed by atoms with Gasteiger partial charge in [-0.25, -0.2) is 0 Å². The number of hydrogen-bond donors (Lipinski definition) is 1. The molecule has 0 fully saturated rings. The Morgan fingerprint density at radius 2 is 1.56 bits per heavy atom. The van der Waals surface area contributed by atoms with Crippen molar-refractivity contribution in [3.8, 4) is 6.07 Å². The highest BCUT2D eigenvalue weighted by atomic mass is 16.3. The van der Waals surface area contributed by atoms with Gasteiger partial charge in [0.2, 0.25) is 0 Å². The summed E-state index contributed by atoms with van der Waals surface area (Å²) < 4.78 is 0. The Morgan fingerprint density at radius 3 is 2.11 bits per heavy atom. The average Bonchev–Trinajstić information content (AvgIpc) is 2.40. The normalized spacial score (nSPS) is 13.6. The molecule has 2 aromatic carbocycles. The van der Waals surface area contributed by atoms with Crippen LogP contribution in [0.3, 0.4) is 0 Å². The lowest BCUT2D eigenvalue weighted by molar-refractivity contribution is 0.0860. The summed E-state index contributed by atoms with van der Waals surface area (Å²) in [6.45, 7) is 2.00. The topological polar surface area (TPSA) is 44.0 Å². The van der Waals surface area contributed by atoms with Crippen molar-refractivity contribution >= 4 is 0 Å². The van der Waals surface area contributed by atoms with Gasteiger partial charge in [-0.15, -0.1) is 0 Å². The molecule has 2 nitrogen and oxygen atoms in total. The minimum atomic E-state index is -1.23.